The molecule has 2 aromatic rings. The predicted molar refractivity (Wildman–Crippen MR) is 94.1 cm³/mol. The van der Waals surface area contributed by atoms with Crippen LogP contribution in [-0.2, 0) is 27.4 Å². The highest BCUT2D eigenvalue weighted by Gasteiger charge is 2.32. The summed E-state index contributed by atoms with van der Waals surface area (Å²) in [6.07, 6.45) is 6.99. The van der Waals surface area contributed by atoms with Gasteiger partial charge in [-0.15, -0.1) is 0 Å². The Balaban J connectivity index is 1.40. The lowest BCUT2D eigenvalue weighted by molar-refractivity contribution is -0.141. The molecule has 1 saturated heterocycles. The van der Waals surface area contributed by atoms with Gasteiger partial charge >= 0.3 is 0 Å². The SMILES string of the molecule is O=C(C1CCOCC1)N1Cc2ccnn2C(COCc2cccnc2)C1. The van der Waals surface area contributed by atoms with Crippen LogP contribution >= 0.6 is 0 Å². The van der Waals surface area contributed by atoms with Crippen LogP contribution < -0.4 is 0 Å². The second-order valence-corrected chi connectivity index (χ2v) is 6.90. The summed E-state index contributed by atoms with van der Waals surface area (Å²) in [6.45, 7) is 3.64. The lowest BCUT2D eigenvalue weighted by Gasteiger charge is -2.36. The number of hydrogen-bond acceptors (Lipinski definition) is 5. The van der Waals surface area contributed by atoms with Crippen LogP contribution in [0.4, 0.5) is 0 Å². The number of ether oxygens (including phenoxy) is 2. The average Bonchev–Trinajstić information content (AvgIpc) is 3.18. The third kappa shape index (κ3) is 3.78. The lowest BCUT2D eigenvalue weighted by atomic mass is 9.98. The molecule has 0 radical (unpaired) electrons. The van der Waals surface area contributed by atoms with Crippen molar-refractivity contribution in [3.05, 3.63) is 48.0 Å². The summed E-state index contributed by atoms with van der Waals surface area (Å²) >= 11 is 0. The molecular weight excluding hydrogens is 332 g/mol. The van der Waals surface area contributed by atoms with E-state index < -0.39 is 0 Å². The lowest BCUT2D eigenvalue weighted by Crippen LogP contribution is -2.46. The number of aromatic nitrogens is 3. The van der Waals surface area contributed by atoms with Crippen LogP contribution in [0, 0.1) is 5.92 Å². The summed E-state index contributed by atoms with van der Waals surface area (Å²) in [4.78, 5) is 19.0. The summed E-state index contributed by atoms with van der Waals surface area (Å²) in [7, 11) is 0. The topological polar surface area (TPSA) is 69.5 Å². The summed E-state index contributed by atoms with van der Waals surface area (Å²) in [5.41, 5.74) is 2.10. The number of nitrogens with zero attached hydrogens (tertiary/aromatic N) is 4. The van der Waals surface area contributed by atoms with Crippen molar-refractivity contribution in [3.8, 4) is 0 Å². The fraction of sp³-hybridized carbons (Fsp3) is 0.526. The first-order valence-corrected chi connectivity index (χ1v) is 9.17. The average molecular weight is 356 g/mol. The minimum Gasteiger partial charge on any atom is -0.381 e. The zero-order valence-electron chi connectivity index (χ0n) is 14.8. The van der Waals surface area contributed by atoms with E-state index in [1.54, 1.807) is 18.6 Å². The quantitative estimate of drug-likeness (QED) is 0.817. The molecule has 0 aromatic carbocycles. The molecule has 7 heteroatoms. The Morgan fingerprint density at radius 2 is 2.15 bits per heavy atom. The number of carbonyl (C=O) groups is 1. The normalized spacial score (nSPS) is 20.8. The molecule has 1 unspecified atom stereocenters. The molecular formula is C19H24N4O3. The van der Waals surface area contributed by atoms with Gasteiger partial charge < -0.3 is 14.4 Å². The van der Waals surface area contributed by atoms with Crippen LogP contribution in [0.1, 0.15) is 30.1 Å². The van der Waals surface area contributed by atoms with E-state index in [1.165, 1.54) is 0 Å². The summed E-state index contributed by atoms with van der Waals surface area (Å²) < 4.78 is 13.3. The van der Waals surface area contributed by atoms with E-state index in [0.717, 1.165) is 24.1 Å². The van der Waals surface area contributed by atoms with Crippen molar-refractivity contribution in [3.63, 3.8) is 0 Å². The molecule has 2 aromatic heterocycles. The first-order valence-electron chi connectivity index (χ1n) is 9.17. The Morgan fingerprint density at radius 1 is 1.27 bits per heavy atom. The van der Waals surface area contributed by atoms with Crippen molar-refractivity contribution in [2.45, 2.75) is 32.0 Å². The summed E-state index contributed by atoms with van der Waals surface area (Å²) in [5, 5.41) is 4.44. The van der Waals surface area contributed by atoms with Crippen LogP contribution in [-0.4, -0.2) is 51.9 Å². The van der Waals surface area contributed by atoms with Gasteiger partial charge in [0.1, 0.15) is 0 Å². The Hall–Kier alpha value is -2.25. The van der Waals surface area contributed by atoms with Gasteiger partial charge in [-0.3, -0.25) is 14.5 Å². The molecule has 4 heterocycles. The van der Waals surface area contributed by atoms with Gasteiger partial charge in [0.05, 0.1) is 31.5 Å². The Morgan fingerprint density at radius 3 is 2.96 bits per heavy atom. The molecule has 2 aliphatic heterocycles. The Bertz CT molecular complexity index is 727. The summed E-state index contributed by atoms with van der Waals surface area (Å²) in [5.74, 6) is 0.313. The van der Waals surface area contributed by atoms with E-state index in [2.05, 4.69) is 10.1 Å². The minimum atomic E-state index is 0.0363. The monoisotopic (exact) mass is 356 g/mol. The molecule has 0 spiro atoms. The molecule has 2 aliphatic rings. The molecule has 0 N–H and O–H groups in total. The third-order valence-electron chi connectivity index (χ3n) is 5.07. The van der Waals surface area contributed by atoms with Crippen molar-refractivity contribution in [1.29, 1.82) is 0 Å². The van der Waals surface area contributed by atoms with E-state index in [0.29, 0.717) is 39.5 Å². The molecule has 26 heavy (non-hydrogen) atoms. The molecule has 0 bridgehead atoms. The second kappa shape index (κ2) is 7.97. The molecule has 7 nitrogen and oxygen atoms in total. The standard InChI is InChI=1S/C19H24N4O3/c24-19(16-4-8-25-9-5-16)22-11-17-3-7-21-23(17)18(12-22)14-26-13-15-2-1-6-20-10-15/h1-3,6-7,10,16,18H,4-5,8-9,11-14H2. The van der Waals surface area contributed by atoms with Gasteiger partial charge in [-0.2, -0.15) is 5.10 Å². The Labute approximate surface area is 152 Å². The fourth-order valence-electron chi connectivity index (χ4n) is 3.68. The van der Waals surface area contributed by atoms with E-state index in [9.17, 15) is 4.79 Å². The first kappa shape index (κ1) is 17.2. The van der Waals surface area contributed by atoms with E-state index >= 15 is 0 Å². The van der Waals surface area contributed by atoms with Crippen LogP contribution in [0.2, 0.25) is 0 Å². The van der Waals surface area contributed by atoms with Crippen molar-refractivity contribution in [1.82, 2.24) is 19.7 Å². The first-order chi connectivity index (χ1) is 12.8. The zero-order chi connectivity index (χ0) is 17.8. The van der Waals surface area contributed by atoms with Gasteiger partial charge in [-0.25, -0.2) is 0 Å². The molecule has 1 atom stereocenters. The van der Waals surface area contributed by atoms with Crippen LogP contribution in [0.5, 0.6) is 0 Å². The number of carbonyl (C=O) groups excluding carboxylic acids is 1. The molecule has 1 fully saturated rings. The van der Waals surface area contributed by atoms with Crippen LogP contribution in [0.15, 0.2) is 36.8 Å². The number of pyridine rings is 1. The summed E-state index contributed by atoms with van der Waals surface area (Å²) in [6, 6.07) is 5.92. The highest BCUT2D eigenvalue weighted by molar-refractivity contribution is 5.79. The third-order valence-corrected chi connectivity index (χ3v) is 5.07. The van der Waals surface area contributed by atoms with E-state index in [4.69, 9.17) is 9.47 Å². The highest BCUT2D eigenvalue weighted by atomic mass is 16.5. The van der Waals surface area contributed by atoms with E-state index in [-0.39, 0.29) is 17.9 Å². The number of rotatable bonds is 5. The maximum atomic E-state index is 12.9. The molecule has 1 amide bonds. The van der Waals surface area contributed by atoms with Crippen molar-refractivity contribution >= 4 is 5.91 Å². The maximum absolute atomic E-state index is 12.9. The van der Waals surface area contributed by atoms with Gasteiger partial charge in [-0.05, 0) is 30.5 Å². The molecule has 4 rings (SSSR count). The molecule has 138 valence electrons. The van der Waals surface area contributed by atoms with Crippen molar-refractivity contribution < 1.29 is 14.3 Å². The van der Waals surface area contributed by atoms with Gasteiger partial charge in [0.15, 0.2) is 0 Å². The van der Waals surface area contributed by atoms with Crippen LogP contribution in [0.25, 0.3) is 0 Å². The largest absolute Gasteiger partial charge is 0.381 e. The highest BCUT2D eigenvalue weighted by Crippen LogP contribution is 2.25. The van der Waals surface area contributed by atoms with Crippen LogP contribution in [0.3, 0.4) is 0 Å². The van der Waals surface area contributed by atoms with E-state index in [1.807, 2.05) is 27.8 Å². The number of fused-ring (bicyclic) bond motifs is 1. The second-order valence-electron chi connectivity index (χ2n) is 6.90. The number of hydrogen-bond donors (Lipinski definition) is 0. The van der Waals surface area contributed by atoms with Crippen molar-refractivity contribution in [2.75, 3.05) is 26.4 Å². The van der Waals surface area contributed by atoms with Gasteiger partial charge in [0.2, 0.25) is 5.91 Å². The van der Waals surface area contributed by atoms with Gasteiger partial charge in [0.25, 0.3) is 0 Å². The molecule has 0 saturated carbocycles. The molecule has 0 aliphatic carbocycles. The maximum Gasteiger partial charge on any atom is 0.226 e. The number of amides is 1. The fourth-order valence-corrected chi connectivity index (χ4v) is 3.68. The van der Waals surface area contributed by atoms with Gasteiger partial charge in [-0.1, -0.05) is 6.07 Å². The Kier molecular flexibility index (Phi) is 5.26. The van der Waals surface area contributed by atoms with Gasteiger partial charge in [0, 0.05) is 44.3 Å². The zero-order valence-corrected chi connectivity index (χ0v) is 14.8. The smallest absolute Gasteiger partial charge is 0.226 e. The van der Waals surface area contributed by atoms with Crippen molar-refractivity contribution in [2.24, 2.45) is 5.92 Å². The minimum absolute atomic E-state index is 0.0363. The predicted octanol–water partition coefficient (Wildman–Crippen LogP) is 1.80.